The highest BCUT2D eigenvalue weighted by molar-refractivity contribution is 6.32. The first-order valence-corrected chi connectivity index (χ1v) is 6.11. The Bertz CT molecular complexity index is 402. The molecule has 0 aromatic heterocycles. The van der Waals surface area contributed by atoms with E-state index < -0.39 is 5.82 Å². The second kappa shape index (κ2) is 7.76. The van der Waals surface area contributed by atoms with Crippen LogP contribution in [0.4, 0.5) is 9.18 Å². The summed E-state index contributed by atoms with van der Waals surface area (Å²) in [7, 11) is 0. The van der Waals surface area contributed by atoms with Crippen LogP contribution in [0.3, 0.4) is 0 Å². The van der Waals surface area contributed by atoms with Crippen LogP contribution in [-0.2, 0) is 0 Å². The van der Waals surface area contributed by atoms with Crippen LogP contribution in [0.1, 0.15) is 13.3 Å². The molecule has 0 heterocycles. The van der Waals surface area contributed by atoms with E-state index in [9.17, 15) is 9.18 Å². The van der Waals surface area contributed by atoms with Crippen LogP contribution in [0.5, 0.6) is 5.75 Å². The van der Waals surface area contributed by atoms with E-state index in [4.69, 9.17) is 16.3 Å². The van der Waals surface area contributed by atoms with Gasteiger partial charge in [0.2, 0.25) is 0 Å². The van der Waals surface area contributed by atoms with Crippen molar-refractivity contribution < 1.29 is 13.9 Å². The third-order valence-corrected chi connectivity index (χ3v) is 2.37. The van der Waals surface area contributed by atoms with Gasteiger partial charge in [-0.1, -0.05) is 18.5 Å². The molecule has 100 valence electrons. The molecule has 0 atom stereocenters. The van der Waals surface area contributed by atoms with Gasteiger partial charge in [-0.2, -0.15) is 0 Å². The maximum Gasteiger partial charge on any atom is 0.314 e. The molecule has 1 aromatic rings. The quantitative estimate of drug-likeness (QED) is 0.784. The Labute approximate surface area is 110 Å². The molecule has 0 aliphatic rings. The standard InChI is InChI=1S/C12H16ClFN2O2/c1-2-5-15-12(17)16-6-7-18-11-4-3-9(14)8-10(11)13/h3-4,8H,2,5-7H2,1H3,(H2,15,16,17). The summed E-state index contributed by atoms with van der Waals surface area (Å²) in [5.41, 5.74) is 0. The van der Waals surface area contributed by atoms with Crippen LogP contribution in [0.15, 0.2) is 18.2 Å². The van der Waals surface area contributed by atoms with E-state index in [2.05, 4.69) is 10.6 Å². The van der Waals surface area contributed by atoms with Gasteiger partial charge in [0.05, 0.1) is 11.6 Å². The average molecular weight is 275 g/mol. The van der Waals surface area contributed by atoms with Crippen molar-refractivity contribution in [1.82, 2.24) is 10.6 Å². The van der Waals surface area contributed by atoms with Crippen molar-refractivity contribution in [3.63, 3.8) is 0 Å². The average Bonchev–Trinajstić information content (AvgIpc) is 2.34. The molecule has 0 saturated carbocycles. The lowest BCUT2D eigenvalue weighted by Gasteiger charge is -2.09. The van der Waals surface area contributed by atoms with Crippen LogP contribution in [0.2, 0.25) is 5.02 Å². The molecule has 0 aliphatic heterocycles. The van der Waals surface area contributed by atoms with Gasteiger partial charge in [0.25, 0.3) is 0 Å². The number of hydrogen-bond acceptors (Lipinski definition) is 2. The Hall–Kier alpha value is -1.49. The van der Waals surface area contributed by atoms with Gasteiger partial charge in [0.1, 0.15) is 18.2 Å². The zero-order valence-electron chi connectivity index (χ0n) is 10.1. The highest BCUT2D eigenvalue weighted by Crippen LogP contribution is 2.24. The predicted octanol–water partition coefficient (Wildman–Crippen LogP) is 2.57. The van der Waals surface area contributed by atoms with Crippen LogP contribution >= 0.6 is 11.6 Å². The third-order valence-electron chi connectivity index (χ3n) is 2.07. The van der Waals surface area contributed by atoms with E-state index in [0.29, 0.717) is 18.8 Å². The fraction of sp³-hybridized carbons (Fsp3) is 0.417. The lowest BCUT2D eigenvalue weighted by molar-refractivity contribution is 0.236. The van der Waals surface area contributed by atoms with E-state index in [-0.39, 0.29) is 17.7 Å². The van der Waals surface area contributed by atoms with E-state index in [1.807, 2.05) is 6.92 Å². The SMILES string of the molecule is CCCNC(=O)NCCOc1ccc(F)cc1Cl. The van der Waals surface area contributed by atoms with Gasteiger partial charge in [-0.05, 0) is 24.6 Å². The molecule has 2 N–H and O–H groups in total. The molecule has 0 bridgehead atoms. The molecule has 0 aliphatic carbocycles. The lowest BCUT2D eigenvalue weighted by Crippen LogP contribution is -2.37. The molecule has 6 heteroatoms. The smallest absolute Gasteiger partial charge is 0.314 e. The minimum atomic E-state index is -0.413. The summed E-state index contributed by atoms with van der Waals surface area (Å²) < 4.78 is 18.1. The van der Waals surface area contributed by atoms with Crippen molar-refractivity contribution in [3.8, 4) is 5.75 Å². The van der Waals surface area contributed by atoms with Crippen LogP contribution in [0, 0.1) is 5.82 Å². The number of hydrogen-bond donors (Lipinski definition) is 2. The van der Waals surface area contributed by atoms with Gasteiger partial charge in [-0.25, -0.2) is 9.18 Å². The minimum absolute atomic E-state index is 0.213. The first-order valence-electron chi connectivity index (χ1n) is 5.73. The number of carbonyl (C=O) groups is 1. The molecule has 1 aromatic carbocycles. The van der Waals surface area contributed by atoms with E-state index in [1.54, 1.807) is 0 Å². The normalized spacial score (nSPS) is 9.94. The fourth-order valence-electron chi connectivity index (χ4n) is 1.22. The number of urea groups is 1. The van der Waals surface area contributed by atoms with E-state index in [0.717, 1.165) is 6.42 Å². The van der Waals surface area contributed by atoms with Gasteiger partial charge in [-0.15, -0.1) is 0 Å². The zero-order valence-corrected chi connectivity index (χ0v) is 10.9. The van der Waals surface area contributed by atoms with Gasteiger partial charge >= 0.3 is 6.03 Å². The number of carbonyl (C=O) groups excluding carboxylic acids is 1. The molecule has 0 radical (unpaired) electrons. The van der Waals surface area contributed by atoms with Gasteiger partial charge in [0, 0.05) is 6.54 Å². The van der Waals surface area contributed by atoms with Crippen molar-refractivity contribution in [2.75, 3.05) is 19.7 Å². The highest BCUT2D eigenvalue weighted by atomic mass is 35.5. The van der Waals surface area contributed by atoms with Crippen LogP contribution < -0.4 is 15.4 Å². The molecule has 0 fully saturated rings. The summed E-state index contributed by atoms with van der Waals surface area (Å²) in [4.78, 5) is 11.2. The zero-order chi connectivity index (χ0) is 13.4. The van der Waals surface area contributed by atoms with Gasteiger partial charge in [-0.3, -0.25) is 0 Å². The minimum Gasteiger partial charge on any atom is -0.490 e. The molecule has 0 unspecified atom stereocenters. The number of halogens is 2. The van der Waals surface area contributed by atoms with Crippen molar-refractivity contribution >= 4 is 17.6 Å². The molecule has 2 amide bonds. The fourth-order valence-corrected chi connectivity index (χ4v) is 1.44. The summed E-state index contributed by atoms with van der Waals surface area (Å²) in [5, 5.41) is 5.51. The second-order valence-electron chi connectivity index (χ2n) is 3.61. The summed E-state index contributed by atoms with van der Waals surface area (Å²) in [6, 6.07) is 3.67. The molecular weight excluding hydrogens is 259 g/mol. The second-order valence-corrected chi connectivity index (χ2v) is 4.01. The summed E-state index contributed by atoms with van der Waals surface area (Å²) >= 11 is 5.77. The topological polar surface area (TPSA) is 50.4 Å². The largest absolute Gasteiger partial charge is 0.490 e. The molecule has 0 spiro atoms. The Morgan fingerprint density at radius 2 is 2.11 bits per heavy atom. The predicted molar refractivity (Wildman–Crippen MR) is 68.6 cm³/mol. The van der Waals surface area contributed by atoms with E-state index >= 15 is 0 Å². The first-order chi connectivity index (χ1) is 8.63. The van der Waals surface area contributed by atoms with Crippen LogP contribution in [-0.4, -0.2) is 25.7 Å². The van der Waals surface area contributed by atoms with E-state index in [1.165, 1.54) is 18.2 Å². The maximum absolute atomic E-state index is 12.8. The summed E-state index contributed by atoms with van der Waals surface area (Å²) in [6.45, 7) is 3.23. The Morgan fingerprint density at radius 1 is 1.39 bits per heavy atom. The summed E-state index contributed by atoms with van der Waals surface area (Å²) in [6.07, 6.45) is 0.884. The highest BCUT2D eigenvalue weighted by Gasteiger charge is 2.03. The van der Waals surface area contributed by atoms with Gasteiger partial charge in [0.15, 0.2) is 0 Å². The van der Waals surface area contributed by atoms with Crippen molar-refractivity contribution in [2.24, 2.45) is 0 Å². The molecule has 0 saturated heterocycles. The number of ether oxygens (including phenoxy) is 1. The Morgan fingerprint density at radius 3 is 2.78 bits per heavy atom. The monoisotopic (exact) mass is 274 g/mol. The number of nitrogens with one attached hydrogen (secondary N) is 2. The molecule has 18 heavy (non-hydrogen) atoms. The Kier molecular flexibility index (Phi) is 6.28. The van der Waals surface area contributed by atoms with Crippen LogP contribution in [0.25, 0.3) is 0 Å². The lowest BCUT2D eigenvalue weighted by atomic mass is 10.3. The first kappa shape index (κ1) is 14.6. The van der Waals surface area contributed by atoms with Crippen molar-refractivity contribution in [1.29, 1.82) is 0 Å². The van der Waals surface area contributed by atoms with Crippen molar-refractivity contribution in [2.45, 2.75) is 13.3 Å². The van der Waals surface area contributed by atoms with Crippen molar-refractivity contribution in [3.05, 3.63) is 29.0 Å². The van der Waals surface area contributed by atoms with Gasteiger partial charge < -0.3 is 15.4 Å². The number of rotatable bonds is 6. The Balaban J connectivity index is 2.23. The molecule has 4 nitrogen and oxygen atoms in total. The summed E-state index contributed by atoms with van der Waals surface area (Å²) in [5.74, 6) is -0.0155. The maximum atomic E-state index is 12.8. The number of amides is 2. The number of benzene rings is 1. The third kappa shape index (κ3) is 5.23. The molecular formula is C12H16ClFN2O2. The molecule has 1 rings (SSSR count).